The van der Waals surface area contributed by atoms with Crippen LogP contribution in [0, 0.1) is 0 Å². The maximum atomic E-state index is 11.0. The molecule has 2 N–H and O–H groups in total. The molecule has 1 aromatic heterocycles. The Labute approximate surface area is 110 Å². The summed E-state index contributed by atoms with van der Waals surface area (Å²) >= 11 is 0. The number of aromatic nitrogens is 1. The van der Waals surface area contributed by atoms with Crippen LogP contribution < -0.4 is 0 Å². The minimum absolute atomic E-state index is 0.321. The van der Waals surface area contributed by atoms with Crippen LogP contribution in [-0.4, -0.2) is 16.1 Å². The Balaban J connectivity index is 2.04. The molecule has 2 aromatic carbocycles. The van der Waals surface area contributed by atoms with E-state index in [-0.39, 0.29) is 0 Å². The fraction of sp³-hybridized carbons (Fsp3) is 0.0625. The molecule has 3 heteroatoms. The van der Waals surface area contributed by atoms with Crippen molar-refractivity contribution in [2.24, 2.45) is 0 Å². The molecule has 0 saturated carbocycles. The number of carbonyl (C=O) groups is 1. The molecule has 0 aliphatic rings. The molecule has 3 nitrogen and oxygen atoms in total. The Bertz CT molecular complexity index is 729. The number of fused-ring (bicyclic) bond motifs is 1. The zero-order valence-electron chi connectivity index (χ0n) is 10.3. The van der Waals surface area contributed by atoms with Crippen LogP contribution in [0.1, 0.15) is 21.5 Å². The highest BCUT2D eigenvalue weighted by Gasteiger charge is 2.08. The summed E-state index contributed by atoms with van der Waals surface area (Å²) < 4.78 is 0. The van der Waals surface area contributed by atoms with Gasteiger partial charge in [0.1, 0.15) is 0 Å². The van der Waals surface area contributed by atoms with Gasteiger partial charge in [-0.1, -0.05) is 30.3 Å². The van der Waals surface area contributed by atoms with Crippen LogP contribution in [0.3, 0.4) is 0 Å². The Morgan fingerprint density at radius 2 is 1.89 bits per heavy atom. The van der Waals surface area contributed by atoms with Crippen molar-refractivity contribution in [1.82, 2.24) is 4.98 Å². The number of H-pyrrole nitrogens is 1. The molecule has 0 aliphatic carbocycles. The number of carboxylic acid groups (broad SMARTS) is 1. The first kappa shape index (κ1) is 11.5. The van der Waals surface area contributed by atoms with E-state index in [0.29, 0.717) is 5.56 Å². The van der Waals surface area contributed by atoms with Crippen molar-refractivity contribution >= 4 is 16.9 Å². The van der Waals surface area contributed by atoms with Crippen molar-refractivity contribution in [3.63, 3.8) is 0 Å². The summed E-state index contributed by atoms with van der Waals surface area (Å²) in [4.78, 5) is 14.2. The van der Waals surface area contributed by atoms with Crippen LogP contribution in [0.15, 0.2) is 54.7 Å². The SMILES string of the molecule is O=C(O)c1ccc2[nH]cc(Cc3ccccc3)c2c1. The molecule has 0 bridgehead atoms. The van der Waals surface area contributed by atoms with Gasteiger partial charge in [0.05, 0.1) is 5.56 Å². The third kappa shape index (κ3) is 2.22. The number of hydrogen-bond acceptors (Lipinski definition) is 1. The van der Waals surface area contributed by atoms with E-state index in [1.807, 2.05) is 30.5 Å². The van der Waals surface area contributed by atoms with Crippen LogP contribution in [-0.2, 0) is 6.42 Å². The summed E-state index contributed by atoms with van der Waals surface area (Å²) in [5, 5.41) is 10.0. The molecular formula is C16H13NO2. The van der Waals surface area contributed by atoms with Gasteiger partial charge in [-0.25, -0.2) is 4.79 Å². The topological polar surface area (TPSA) is 53.1 Å². The van der Waals surface area contributed by atoms with Gasteiger partial charge in [0, 0.05) is 17.1 Å². The Morgan fingerprint density at radius 1 is 1.11 bits per heavy atom. The van der Waals surface area contributed by atoms with E-state index in [9.17, 15) is 4.79 Å². The number of benzene rings is 2. The number of aromatic amines is 1. The van der Waals surface area contributed by atoms with Crippen LogP contribution in [0.5, 0.6) is 0 Å². The fourth-order valence-electron chi connectivity index (χ4n) is 2.27. The Morgan fingerprint density at radius 3 is 2.63 bits per heavy atom. The first-order chi connectivity index (χ1) is 9.24. The largest absolute Gasteiger partial charge is 0.478 e. The minimum Gasteiger partial charge on any atom is -0.478 e. The highest BCUT2D eigenvalue weighted by atomic mass is 16.4. The highest BCUT2D eigenvalue weighted by molar-refractivity contribution is 5.94. The van der Waals surface area contributed by atoms with Crippen molar-refractivity contribution in [3.05, 3.63) is 71.4 Å². The van der Waals surface area contributed by atoms with Crippen molar-refractivity contribution in [1.29, 1.82) is 0 Å². The van der Waals surface area contributed by atoms with Gasteiger partial charge in [-0.15, -0.1) is 0 Å². The summed E-state index contributed by atoms with van der Waals surface area (Å²) in [6.45, 7) is 0. The maximum Gasteiger partial charge on any atom is 0.335 e. The van der Waals surface area contributed by atoms with Crippen molar-refractivity contribution in [2.45, 2.75) is 6.42 Å². The van der Waals surface area contributed by atoms with Crippen molar-refractivity contribution in [3.8, 4) is 0 Å². The lowest BCUT2D eigenvalue weighted by Gasteiger charge is -2.01. The number of rotatable bonds is 3. The molecule has 3 aromatic rings. The van der Waals surface area contributed by atoms with Crippen LogP contribution >= 0.6 is 0 Å². The third-order valence-electron chi connectivity index (χ3n) is 3.25. The van der Waals surface area contributed by atoms with E-state index in [4.69, 9.17) is 5.11 Å². The monoisotopic (exact) mass is 251 g/mol. The molecule has 0 amide bonds. The smallest absolute Gasteiger partial charge is 0.335 e. The molecule has 3 rings (SSSR count). The normalized spacial score (nSPS) is 10.7. The fourth-order valence-corrected chi connectivity index (χ4v) is 2.27. The average Bonchev–Trinajstić information content (AvgIpc) is 2.82. The summed E-state index contributed by atoms with van der Waals surface area (Å²) in [5.74, 6) is -0.895. The van der Waals surface area contributed by atoms with Gasteiger partial charge < -0.3 is 10.1 Å². The zero-order chi connectivity index (χ0) is 13.2. The van der Waals surface area contributed by atoms with E-state index in [1.54, 1.807) is 12.1 Å². The van der Waals surface area contributed by atoms with Crippen LogP contribution in [0.25, 0.3) is 10.9 Å². The second-order valence-corrected chi connectivity index (χ2v) is 4.54. The van der Waals surface area contributed by atoms with Crippen molar-refractivity contribution in [2.75, 3.05) is 0 Å². The molecule has 0 unspecified atom stereocenters. The minimum atomic E-state index is -0.895. The summed E-state index contributed by atoms with van der Waals surface area (Å²) in [7, 11) is 0. The Hall–Kier alpha value is -2.55. The van der Waals surface area contributed by atoms with Gasteiger partial charge in [0.15, 0.2) is 0 Å². The van der Waals surface area contributed by atoms with E-state index >= 15 is 0 Å². The van der Waals surface area contributed by atoms with Gasteiger partial charge in [-0.2, -0.15) is 0 Å². The van der Waals surface area contributed by atoms with Crippen LogP contribution in [0.4, 0.5) is 0 Å². The molecule has 0 fully saturated rings. The van der Waals surface area contributed by atoms with Gasteiger partial charge in [0.2, 0.25) is 0 Å². The lowest BCUT2D eigenvalue weighted by atomic mass is 10.0. The molecule has 0 aliphatic heterocycles. The number of aromatic carboxylic acids is 1. The second-order valence-electron chi connectivity index (χ2n) is 4.54. The molecule has 0 saturated heterocycles. The number of nitrogens with one attached hydrogen (secondary N) is 1. The van der Waals surface area contributed by atoms with Gasteiger partial charge in [-0.05, 0) is 35.7 Å². The van der Waals surface area contributed by atoms with Gasteiger partial charge in [-0.3, -0.25) is 0 Å². The lowest BCUT2D eigenvalue weighted by Crippen LogP contribution is -1.95. The highest BCUT2D eigenvalue weighted by Crippen LogP contribution is 2.22. The van der Waals surface area contributed by atoms with Crippen molar-refractivity contribution < 1.29 is 9.90 Å². The molecule has 0 radical (unpaired) electrons. The summed E-state index contributed by atoms with van der Waals surface area (Å²) in [5.41, 5.74) is 3.62. The van der Waals surface area contributed by atoms with E-state index < -0.39 is 5.97 Å². The lowest BCUT2D eigenvalue weighted by molar-refractivity contribution is 0.0697. The predicted octanol–water partition coefficient (Wildman–Crippen LogP) is 3.46. The van der Waals surface area contributed by atoms with Gasteiger partial charge in [0.25, 0.3) is 0 Å². The molecule has 19 heavy (non-hydrogen) atoms. The molecule has 94 valence electrons. The van der Waals surface area contributed by atoms with E-state index in [1.165, 1.54) is 5.56 Å². The van der Waals surface area contributed by atoms with Crippen LogP contribution in [0.2, 0.25) is 0 Å². The summed E-state index contributed by atoms with van der Waals surface area (Å²) in [6, 6.07) is 15.3. The Kier molecular flexibility index (Phi) is 2.80. The average molecular weight is 251 g/mol. The molecule has 0 atom stereocenters. The molecular weight excluding hydrogens is 238 g/mol. The van der Waals surface area contributed by atoms with E-state index in [0.717, 1.165) is 22.9 Å². The molecule has 1 heterocycles. The molecule has 0 spiro atoms. The third-order valence-corrected chi connectivity index (χ3v) is 3.25. The summed E-state index contributed by atoms with van der Waals surface area (Å²) in [6.07, 6.45) is 2.74. The predicted molar refractivity (Wildman–Crippen MR) is 74.5 cm³/mol. The zero-order valence-corrected chi connectivity index (χ0v) is 10.3. The standard InChI is InChI=1S/C16H13NO2/c18-16(19)12-6-7-15-14(9-12)13(10-17-15)8-11-4-2-1-3-5-11/h1-7,9-10,17H,8H2,(H,18,19). The second kappa shape index (κ2) is 4.61. The first-order valence-corrected chi connectivity index (χ1v) is 6.11. The van der Waals surface area contributed by atoms with E-state index in [2.05, 4.69) is 17.1 Å². The maximum absolute atomic E-state index is 11.0. The van der Waals surface area contributed by atoms with Gasteiger partial charge >= 0.3 is 5.97 Å². The number of carboxylic acids is 1. The quantitative estimate of drug-likeness (QED) is 0.749. The number of hydrogen-bond donors (Lipinski definition) is 2. The first-order valence-electron chi connectivity index (χ1n) is 6.11.